The number of unbranched alkanes of at least 4 members (excludes halogenated alkanes) is 2. The molecule has 0 aliphatic rings. The van der Waals surface area contributed by atoms with E-state index < -0.39 is 0 Å². The first-order valence-corrected chi connectivity index (χ1v) is 7.90. The molecular formula is C17H25N3O. The third-order valence-electron chi connectivity index (χ3n) is 3.82. The molecule has 1 unspecified atom stereocenters. The number of aromatic nitrogens is 2. The van der Waals surface area contributed by atoms with Crippen molar-refractivity contribution in [3.63, 3.8) is 0 Å². The van der Waals surface area contributed by atoms with E-state index in [1.807, 2.05) is 24.3 Å². The van der Waals surface area contributed by atoms with Crippen LogP contribution in [0.2, 0.25) is 0 Å². The van der Waals surface area contributed by atoms with Gasteiger partial charge in [0, 0.05) is 18.0 Å². The normalized spacial score (nSPS) is 12.7. The number of fused-ring (bicyclic) bond motifs is 1. The second-order valence-corrected chi connectivity index (χ2v) is 5.61. The molecule has 0 radical (unpaired) electrons. The van der Waals surface area contributed by atoms with Crippen molar-refractivity contribution in [2.45, 2.75) is 52.1 Å². The highest BCUT2D eigenvalue weighted by Crippen LogP contribution is 2.06. The molecule has 21 heavy (non-hydrogen) atoms. The van der Waals surface area contributed by atoms with E-state index in [1.165, 1.54) is 25.7 Å². The maximum absolute atomic E-state index is 12.3. The predicted octanol–water partition coefficient (Wildman–Crippen LogP) is 2.95. The predicted molar refractivity (Wildman–Crippen MR) is 87.6 cm³/mol. The Morgan fingerprint density at radius 1 is 1.29 bits per heavy atom. The summed E-state index contributed by atoms with van der Waals surface area (Å²) >= 11 is 0. The Labute approximate surface area is 126 Å². The third-order valence-corrected chi connectivity index (χ3v) is 3.82. The molecule has 0 amide bonds. The zero-order valence-corrected chi connectivity index (χ0v) is 13.0. The monoisotopic (exact) mass is 287 g/mol. The lowest BCUT2D eigenvalue weighted by molar-refractivity contribution is 0.454. The van der Waals surface area contributed by atoms with Gasteiger partial charge in [-0.2, -0.15) is 5.10 Å². The second kappa shape index (κ2) is 7.93. The molecule has 2 rings (SSSR count). The van der Waals surface area contributed by atoms with Gasteiger partial charge in [-0.05, 0) is 19.4 Å². The molecule has 4 nitrogen and oxygen atoms in total. The van der Waals surface area contributed by atoms with Crippen molar-refractivity contribution in [3.8, 4) is 0 Å². The van der Waals surface area contributed by atoms with Gasteiger partial charge in [0.1, 0.15) is 0 Å². The Bertz CT molecular complexity index is 621. The first-order valence-electron chi connectivity index (χ1n) is 7.90. The van der Waals surface area contributed by atoms with Gasteiger partial charge < -0.3 is 5.32 Å². The summed E-state index contributed by atoms with van der Waals surface area (Å²) in [6.07, 6.45) is 6.76. The van der Waals surface area contributed by atoms with Crippen LogP contribution >= 0.6 is 0 Å². The van der Waals surface area contributed by atoms with Gasteiger partial charge in [0.15, 0.2) is 0 Å². The maximum atomic E-state index is 12.3. The summed E-state index contributed by atoms with van der Waals surface area (Å²) in [5.74, 6) is 0. The molecule has 1 N–H and O–H groups in total. The second-order valence-electron chi connectivity index (χ2n) is 5.61. The van der Waals surface area contributed by atoms with Crippen LogP contribution in [0, 0.1) is 0 Å². The molecule has 114 valence electrons. The van der Waals surface area contributed by atoms with E-state index in [0.29, 0.717) is 12.6 Å². The summed E-state index contributed by atoms with van der Waals surface area (Å²) in [7, 11) is 0. The SMILES string of the molecule is CCCCCC(C)NCCn1ncc2ccccc2c1=O. The summed E-state index contributed by atoms with van der Waals surface area (Å²) in [6, 6.07) is 8.08. The largest absolute Gasteiger partial charge is 0.312 e. The van der Waals surface area contributed by atoms with Crippen molar-refractivity contribution in [3.05, 3.63) is 40.8 Å². The molecule has 0 saturated carbocycles. The topological polar surface area (TPSA) is 46.9 Å². The molecule has 1 heterocycles. The van der Waals surface area contributed by atoms with Crippen molar-refractivity contribution in [1.29, 1.82) is 0 Å². The highest BCUT2D eigenvalue weighted by Gasteiger charge is 2.04. The Morgan fingerprint density at radius 2 is 2.10 bits per heavy atom. The molecule has 1 aromatic carbocycles. The van der Waals surface area contributed by atoms with Crippen molar-refractivity contribution in [1.82, 2.24) is 15.1 Å². The van der Waals surface area contributed by atoms with Gasteiger partial charge in [0.2, 0.25) is 0 Å². The molecule has 0 fully saturated rings. The van der Waals surface area contributed by atoms with Crippen molar-refractivity contribution < 1.29 is 0 Å². The molecule has 0 aliphatic carbocycles. The van der Waals surface area contributed by atoms with Crippen LogP contribution in [0.1, 0.15) is 39.5 Å². The summed E-state index contributed by atoms with van der Waals surface area (Å²) in [6.45, 7) is 5.81. The minimum atomic E-state index is -0.00599. The molecule has 0 saturated heterocycles. The van der Waals surface area contributed by atoms with E-state index >= 15 is 0 Å². The lowest BCUT2D eigenvalue weighted by atomic mass is 10.1. The molecule has 0 spiro atoms. The van der Waals surface area contributed by atoms with Crippen LogP contribution in [0.4, 0.5) is 0 Å². The molecule has 2 aromatic rings. The van der Waals surface area contributed by atoms with Crippen LogP contribution in [0.25, 0.3) is 10.8 Å². The van der Waals surface area contributed by atoms with Crippen molar-refractivity contribution >= 4 is 10.8 Å². The third kappa shape index (κ3) is 4.39. The Morgan fingerprint density at radius 3 is 2.90 bits per heavy atom. The highest BCUT2D eigenvalue weighted by molar-refractivity contribution is 5.80. The zero-order valence-electron chi connectivity index (χ0n) is 13.0. The molecule has 0 bridgehead atoms. The zero-order chi connectivity index (χ0) is 15.1. The van der Waals surface area contributed by atoms with Crippen LogP contribution in [0.3, 0.4) is 0 Å². The van der Waals surface area contributed by atoms with Crippen LogP contribution in [0.15, 0.2) is 35.3 Å². The number of hydrogen-bond acceptors (Lipinski definition) is 3. The number of benzene rings is 1. The van der Waals surface area contributed by atoms with Crippen molar-refractivity contribution in [2.24, 2.45) is 0 Å². The van der Waals surface area contributed by atoms with Crippen LogP contribution in [0.5, 0.6) is 0 Å². The Kier molecular flexibility index (Phi) is 5.93. The minimum Gasteiger partial charge on any atom is -0.312 e. The van der Waals surface area contributed by atoms with E-state index in [2.05, 4.69) is 24.3 Å². The average molecular weight is 287 g/mol. The first kappa shape index (κ1) is 15.7. The van der Waals surface area contributed by atoms with Crippen LogP contribution < -0.4 is 10.9 Å². The van der Waals surface area contributed by atoms with E-state index in [4.69, 9.17) is 0 Å². The standard InChI is InChI=1S/C17H25N3O/c1-3-4-5-8-14(2)18-11-12-20-17(21)16-10-7-6-9-15(16)13-19-20/h6-7,9-10,13-14,18H,3-5,8,11-12H2,1-2H3. The smallest absolute Gasteiger partial charge is 0.274 e. The first-order chi connectivity index (χ1) is 10.2. The Hall–Kier alpha value is -1.68. The lowest BCUT2D eigenvalue weighted by Gasteiger charge is -2.14. The summed E-state index contributed by atoms with van der Waals surface area (Å²) in [5.41, 5.74) is -0.00599. The van der Waals surface area contributed by atoms with Gasteiger partial charge in [0.25, 0.3) is 5.56 Å². The van der Waals surface area contributed by atoms with Gasteiger partial charge in [0.05, 0.1) is 18.1 Å². The van der Waals surface area contributed by atoms with Gasteiger partial charge in [-0.1, -0.05) is 44.4 Å². The number of rotatable bonds is 8. The van der Waals surface area contributed by atoms with E-state index in [0.717, 1.165) is 17.3 Å². The van der Waals surface area contributed by atoms with Gasteiger partial charge in [-0.15, -0.1) is 0 Å². The molecule has 4 heteroatoms. The van der Waals surface area contributed by atoms with Crippen LogP contribution in [-0.2, 0) is 6.54 Å². The highest BCUT2D eigenvalue weighted by atomic mass is 16.1. The summed E-state index contributed by atoms with van der Waals surface area (Å²) < 4.78 is 1.55. The van der Waals surface area contributed by atoms with Gasteiger partial charge in [-0.3, -0.25) is 4.79 Å². The fraction of sp³-hybridized carbons (Fsp3) is 0.529. The van der Waals surface area contributed by atoms with E-state index in [-0.39, 0.29) is 5.56 Å². The molecule has 1 aromatic heterocycles. The Balaban J connectivity index is 1.89. The van der Waals surface area contributed by atoms with E-state index in [1.54, 1.807) is 10.9 Å². The fourth-order valence-electron chi connectivity index (χ4n) is 2.51. The number of nitrogens with one attached hydrogen (secondary N) is 1. The molecule has 0 aliphatic heterocycles. The molecule has 1 atom stereocenters. The maximum Gasteiger partial charge on any atom is 0.274 e. The lowest BCUT2D eigenvalue weighted by Crippen LogP contribution is -2.33. The quantitative estimate of drug-likeness (QED) is 0.759. The average Bonchev–Trinajstić information content (AvgIpc) is 2.50. The fourth-order valence-corrected chi connectivity index (χ4v) is 2.51. The molecular weight excluding hydrogens is 262 g/mol. The summed E-state index contributed by atoms with van der Waals surface area (Å²) in [5, 5.41) is 9.35. The minimum absolute atomic E-state index is 0.00599. The van der Waals surface area contributed by atoms with E-state index in [9.17, 15) is 4.79 Å². The van der Waals surface area contributed by atoms with Crippen molar-refractivity contribution in [2.75, 3.05) is 6.54 Å². The summed E-state index contributed by atoms with van der Waals surface area (Å²) in [4.78, 5) is 12.3. The number of nitrogens with zero attached hydrogens (tertiary/aromatic N) is 2. The van der Waals surface area contributed by atoms with Gasteiger partial charge in [-0.25, -0.2) is 4.68 Å². The van der Waals surface area contributed by atoms with Crippen LogP contribution in [-0.4, -0.2) is 22.4 Å². The van der Waals surface area contributed by atoms with Gasteiger partial charge >= 0.3 is 0 Å². The number of hydrogen-bond donors (Lipinski definition) is 1.